The zero-order chi connectivity index (χ0) is 19.4. The number of thiazole rings is 1. The Morgan fingerprint density at radius 1 is 1.22 bits per heavy atom. The van der Waals surface area contributed by atoms with Gasteiger partial charge in [-0.05, 0) is 30.3 Å². The van der Waals surface area contributed by atoms with E-state index in [0.717, 1.165) is 10.2 Å². The van der Waals surface area contributed by atoms with Crippen molar-refractivity contribution in [1.82, 2.24) is 4.98 Å². The van der Waals surface area contributed by atoms with Crippen LogP contribution < -0.4 is 4.90 Å². The number of hydrogen-bond donors (Lipinski definition) is 0. The number of halogens is 2. The highest BCUT2D eigenvalue weighted by Crippen LogP contribution is 2.29. The van der Waals surface area contributed by atoms with Crippen molar-refractivity contribution in [2.75, 3.05) is 4.90 Å². The van der Waals surface area contributed by atoms with Gasteiger partial charge < -0.3 is 4.74 Å². The summed E-state index contributed by atoms with van der Waals surface area (Å²) in [6, 6.07) is 14.2. The van der Waals surface area contributed by atoms with Crippen molar-refractivity contribution in [2.45, 2.75) is 13.5 Å². The van der Waals surface area contributed by atoms with Gasteiger partial charge in [-0.3, -0.25) is 9.69 Å². The molecule has 8 heteroatoms. The minimum atomic E-state index is -0.540. The van der Waals surface area contributed by atoms with E-state index in [-0.39, 0.29) is 18.1 Å². The molecule has 1 aromatic heterocycles. The summed E-state index contributed by atoms with van der Waals surface area (Å²) in [4.78, 5) is 30.2. The molecule has 0 N–H and O–H groups in total. The molecule has 0 aliphatic rings. The Labute approximate surface area is 173 Å². The molecule has 0 saturated heterocycles. The molecule has 0 aliphatic carbocycles. The van der Waals surface area contributed by atoms with E-state index in [1.807, 2.05) is 30.3 Å². The molecule has 27 heavy (non-hydrogen) atoms. The van der Waals surface area contributed by atoms with Crippen LogP contribution in [0.1, 0.15) is 23.0 Å². The van der Waals surface area contributed by atoms with Crippen LogP contribution in [0.25, 0.3) is 0 Å². The Balaban J connectivity index is 1.73. The number of para-hydroxylation sites is 1. The summed E-state index contributed by atoms with van der Waals surface area (Å²) in [6.07, 6.45) is 0. The second-order valence-corrected chi connectivity index (χ2v) is 7.67. The molecule has 138 valence electrons. The quantitative estimate of drug-likeness (QED) is 0.460. The smallest absolute Gasteiger partial charge is 0.340 e. The van der Waals surface area contributed by atoms with Gasteiger partial charge in [-0.2, -0.15) is 0 Å². The van der Waals surface area contributed by atoms with Crippen LogP contribution in [0.15, 0.2) is 58.4 Å². The molecule has 1 amide bonds. The van der Waals surface area contributed by atoms with Gasteiger partial charge in [0.2, 0.25) is 5.91 Å². The van der Waals surface area contributed by atoms with Crippen molar-refractivity contribution < 1.29 is 14.3 Å². The average Bonchev–Trinajstić information content (AvgIpc) is 3.11. The summed E-state index contributed by atoms with van der Waals surface area (Å²) in [5.74, 6) is -0.692. The molecule has 0 aliphatic heterocycles. The average molecular weight is 466 g/mol. The van der Waals surface area contributed by atoms with Gasteiger partial charge in [-0.1, -0.05) is 45.7 Å². The molecule has 5 nitrogen and oxygen atoms in total. The van der Waals surface area contributed by atoms with Crippen molar-refractivity contribution in [3.8, 4) is 0 Å². The fourth-order valence-electron chi connectivity index (χ4n) is 2.34. The number of esters is 1. The number of aromatic nitrogens is 1. The van der Waals surface area contributed by atoms with Crippen LogP contribution in [0.4, 0.5) is 10.8 Å². The lowest BCUT2D eigenvalue weighted by atomic mass is 10.2. The highest BCUT2D eigenvalue weighted by atomic mass is 79.9. The number of carbonyl (C=O) groups is 2. The van der Waals surface area contributed by atoms with Crippen LogP contribution in [0.3, 0.4) is 0 Å². The minimum Gasteiger partial charge on any atom is -0.456 e. The molecular weight excluding hydrogens is 452 g/mol. The summed E-state index contributed by atoms with van der Waals surface area (Å²) in [7, 11) is 0. The standard InChI is InChI=1S/C19H14BrClN2O3S/c1-12(24)23(15-5-3-2-4-6-15)19-22-14(11-27-19)10-26-18(25)16-9-13(20)7-8-17(16)21/h2-9,11H,10H2,1H3. The van der Waals surface area contributed by atoms with Crippen LogP contribution in [-0.4, -0.2) is 16.9 Å². The fourth-order valence-corrected chi connectivity index (χ4v) is 3.77. The number of anilines is 2. The number of benzene rings is 2. The number of ether oxygens (including phenoxy) is 1. The molecule has 2 aromatic carbocycles. The van der Waals surface area contributed by atoms with Crippen LogP contribution in [-0.2, 0) is 16.1 Å². The molecule has 0 radical (unpaired) electrons. The second kappa shape index (κ2) is 8.65. The van der Waals surface area contributed by atoms with Gasteiger partial charge in [0.25, 0.3) is 0 Å². The number of rotatable bonds is 5. The normalized spacial score (nSPS) is 10.5. The van der Waals surface area contributed by atoms with E-state index in [0.29, 0.717) is 15.8 Å². The summed E-state index contributed by atoms with van der Waals surface area (Å²) < 4.78 is 6.04. The largest absolute Gasteiger partial charge is 0.456 e. The molecule has 0 atom stereocenters. The van der Waals surface area contributed by atoms with Crippen LogP contribution >= 0.6 is 38.9 Å². The van der Waals surface area contributed by atoms with E-state index in [1.165, 1.54) is 23.2 Å². The Morgan fingerprint density at radius 2 is 1.96 bits per heavy atom. The molecule has 0 unspecified atom stereocenters. The monoisotopic (exact) mass is 464 g/mol. The van der Waals surface area contributed by atoms with Crippen molar-refractivity contribution >= 4 is 61.6 Å². The first kappa shape index (κ1) is 19.5. The molecule has 1 heterocycles. The van der Waals surface area contributed by atoms with E-state index >= 15 is 0 Å². The lowest BCUT2D eigenvalue weighted by Crippen LogP contribution is -2.22. The third kappa shape index (κ3) is 4.74. The first-order valence-corrected chi connectivity index (χ1v) is 9.93. The third-order valence-electron chi connectivity index (χ3n) is 3.56. The SMILES string of the molecule is CC(=O)N(c1ccccc1)c1nc(COC(=O)c2cc(Br)ccc2Cl)cs1. The van der Waals surface area contributed by atoms with Crippen molar-refractivity contribution in [2.24, 2.45) is 0 Å². The number of amides is 1. The summed E-state index contributed by atoms with van der Waals surface area (Å²) in [6.45, 7) is 1.46. The van der Waals surface area contributed by atoms with Gasteiger partial charge in [-0.15, -0.1) is 11.3 Å². The maximum atomic E-state index is 12.2. The molecule has 0 fully saturated rings. The van der Waals surface area contributed by atoms with E-state index < -0.39 is 5.97 Å². The van der Waals surface area contributed by atoms with Gasteiger partial charge in [0.1, 0.15) is 6.61 Å². The summed E-state index contributed by atoms with van der Waals surface area (Å²) in [5, 5.41) is 2.58. The lowest BCUT2D eigenvalue weighted by molar-refractivity contribution is -0.115. The van der Waals surface area contributed by atoms with Gasteiger partial charge in [-0.25, -0.2) is 9.78 Å². The Bertz CT molecular complexity index is 978. The Hall–Kier alpha value is -2.22. The van der Waals surface area contributed by atoms with Gasteiger partial charge in [0.15, 0.2) is 5.13 Å². The molecule has 0 spiro atoms. The van der Waals surface area contributed by atoms with E-state index in [2.05, 4.69) is 20.9 Å². The molecular formula is C19H14BrClN2O3S. The summed E-state index contributed by atoms with van der Waals surface area (Å²) >= 11 is 10.6. The van der Waals surface area contributed by atoms with E-state index in [1.54, 1.807) is 23.6 Å². The van der Waals surface area contributed by atoms with Crippen LogP contribution in [0.2, 0.25) is 5.02 Å². The predicted molar refractivity (Wildman–Crippen MR) is 110 cm³/mol. The predicted octanol–water partition coefficient (Wildman–Crippen LogP) is 5.60. The zero-order valence-electron chi connectivity index (χ0n) is 14.2. The van der Waals surface area contributed by atoms with Crippen LogP contribution in [0, 0.1) is 0 Å². The van der Waals surface area contributed by atoms with Crippen LogP contribution in [0.5, 0.6) is 0 Å². The van der Waals surface area contributed by atoms with E-state index in [9.17, 15) is 9.59 Å². The van der Waals surface area contributed by atoms with Crippen molar-refractivity contribution in [3.63, 3.8) is 0 Å². The molecule has 3 rings (SSSR count). The number of hydrogen-bond acceptors (Lipinski definition) is 5. The maximum Gasteiger partial charge on any atom is 0.340 e. The van der Waals surface area contributed by atoms with Crippen molar-refractivity contribution in [1.29, 1.82) is 0 Å². The van der Waals surface area contributed by atoms with E-state index in [4.69, 9.17) is 16.3 Å². The zero-order valence-corrected chi connectivity index (χ0v) is 17.3. The second-order valence-electron chi connectivity index (χ2n) is 5.51. The molecule has 0 bridgehead atoms. The fraction of sp³-hybridized carbons (Fsp3) is 0.105. The maximum absolute atomic E-state index is 12.2. The minimum absolute atomic E-state index is 0.0152. The van der Waals surface area contributed by atoms with Gasteiger partial charge in [0, 0.05) is 16.8 Å². The van der Waals surface area contributed by atoms with Gasteiger partial charge in [0.05, 0.1) is 22.0 Å². The number of carbonyl (C=O) groups excluding carboxylic acids is 2. The number of nitrogens with zero attached hydrogens (tertiary/aromatic N) is 2. The Morgan fingerprint density at radius 3 is 2.67 bits per heavy atom. The molecule has 3 aromatic rings. The van der Waals surface area contributed by atoms with Gasteiger partial charge >= 0.3 is 5.97 Å². The molecule has 0 saturated carbocycles. The Kier molecular flexibility index (Phi) is 6.26. The third-order valence-corrected chi connectivity index (χ3v) is 5.26. The highest BCUT2D eigenvalue weighted by Gasteiger charge is 2.19. The highest BCUT2D eigenvalue weighted by molar-refractivity contribution is 9.10. The van der Waals surface area contributed by atoms with Crippen molar-refractivity contribution in [3.05, 3.63) is 74.7 Å². The topological polar surface area (TPSA) is 59.5 Å². The lowest BCUT2D eigenvalue weighted by Gasteiger charge is -2.17. The first-order valence-electron chi connectivity index (χ1n) is 7.88. The summed E-state index contributed by atoms with van der Waals surface area (Å²) in [5.41, 5.74) is 1.55. The first-order chi connectivity index (χ1) is 13.0.